The fraction of sp³-hybridized carbons (Fsp3) is 0.350. The molecular weight excluding hydrogens is 381 g/mol. The number of aromatic amines is 1. The number of carbonyl (C=O) groups is 1. The Kier molecular flexibility index (Phi) is 5.23. The molecule has 0 bridgehead atoms. The van der Waals surface area contributed by atoms with Crippen LogP contribution in [0.15, 0.2) is 45.3 Å². The zero-order valence-electron chi connectivity index (χ0n) is 15.2. The molecule has 0 amide bonds. The summed E-state index contributed by atoms with van der Waals surface area (Å²) in [6.45, 7) is 2.35. The molecule has 146 valence electrons. The maximum absolute atomic E-state index is 13.0. The summed E-state index contributed by atoms with van der Waals surface area (Å²) >= 11 is 1.32. The van der Waals surface area contributed by atoms with E-state index in [1.807, 2.05) is 0 Å². The standard InChI is InChI=1S/C20H20FN3O3S/c21-15-3-1-13(2-4-15)17(25)14-5-8-23(9-6-14)10-11-24-19(26)18-16(7-12-28-18)22-20(24)27/h1-4,7,12,14H,5-6,8-11H2,(H,22,27). The number of carbonyl (C=O) groups excluding carboxylic acids is 1. The highest BCUT2D eigenvalue weighted by Crippen LogP contribution is 2.22. The van der Waals surface area contributed by atoms with Crippen molar-refractivity contribution in [3.8, 4) is 0 Å². The second kappa shape index (κ2) is 7.81. The van der Waals surface area contributed by atoms with E-state index in [-0.39, 0.29) is 23.1 Å². The van der Waals surface area contributed by atoms with Crippen LogP contribution in [0.1, 0.15) is 23.2 Å². The first-order valence-corrected chi connectivity index (χ1v) is 10.1. The van der Waals surface area contributed by atoms with Crippen molar-refractivity contribution in [1.29, 1.82) is 0 Å². The van der Waals surface area contributed by atoms with Gasteiger partial charge in [0.1, 0.15) is 10.5 Å². The summed E-state index contributed by atoms with van der Waals surface area (Å²) in [5.74, 6) is -0.372. The molecule has 3 aromatic rings. The SMILES string of the molecule is O=C(c1ccc(F)cc1)C1CCN(CCn2c(=O)[nH]c3ccsc3c2=O)CC1. The number of fused-ring (bicyclic) bond motifs is 1. The van der Waals surface area contributed by atoms with Crippen molar-refractivity contribution in [1.82, 2.24) is 14.5 Å². The van der Waals surface area contributed by atoms with Gasteiger partial charge in [-0.25, -0.2) is 9.18 Å². The molecule has 1 fully saturated rings. The number of H-pyrrole nitrogens is 1. The molecule has 0 atom stereocenters. The number of thiophene rings is 1. The van der Waals surface area contributed by atoms with Gasteiger partial charge in [-0.05, 0) is 61.6 Å². The van der Waals surface area contributed by atoms with Crippen LogP contribution in [0.2, 0.25) is 0 Å². The number of hydrogen-bond acceptors (Lipinski definition) is 5. The number of likely N-dealkylation sites (tertiary alicyclic amines) is 1. The van der Waals surface area contributed by atoms with E-state index in [1.165, 1.54) is 40.2 Å². The quantitative estimate of drug-likeness (QED) is 0.667. The molecule has 1 N–H and O–H groups in total. The molecule has 0 unspecified atom stereocenters. The Morgan fingerprint density at radius 2 is 1.82 bits per heavy atom. The third-order valence-electron chi connectivity index (χ3n) is 5.32. The Morgan fingerprint density at radius 1 is 1.11 bits per heavy atom. The molecule has 1 aliphatic rings. The summed E-state index contributed by atoms with van der Waals surface area (Å²) in [4.78, 5) is 42.1. The number of nitrogens with zero attached hydrogens (tertiary/aromatic N) is 2. The van der Waals surface area contributed by atoms with Crippen molar-refractivity contribution < 1.29 is 9.18 Å². The van der Waals surface area contributed by atoms with Crippen molar-refractivity contribution in [3.05, 3.63) is 67.9 Å². The van der Waals surface area contributed by atoms with Crippen molar-refractivity contribution in [2.45, 2.75) is 19.4 Å². The molecule has 3 heterocycles. The van der Waals surface area contributed by atoms with E-state index in [4.69, 9.17) is 0 Å². The van der Waals surface area contributed by atoms with Gasteiger partial charge in [-0.15, -0.1) is 11.3 Å². The van der Waals surface area contributed by atoms with Crippen LogP contribution in [0.4, 0.5) is 4.39 Å². The first kappa shape index (κ1) is 18.8. The van der Waals surface area contributed by atoms with E-state index in [9.17, 15) is 18.8 Å². The summed E-state index contributed by atoms with van der Waals surface area (Å²) in [7, 11) is 0. The summed E-state index contributed by atoms with van der Waals surface area (Å²) in [6, 6.07) is 7.41. The molecule has 8 heteroatoms. The normalized spacial score (nSPS) is 15.9. The number of Topliss-reactive ketones (excluding diaryl/α,β-unsaturated/α-hetero) is 1. The third kappa shape index (κ3) is 3.70. The Bertz CT molecular complexity index is 1110. The van der Waals surface area contributed by atoms with Gasteiger partial charge in [0.15, 0.2) is 5.78 Å². The lowest BCUT2D eigenvalue weighted by Gasteiger charge is -2.31. The zero-order valence-corrected chi connectivity index (χ0v) is 16.0. The summed E-state index contributed by atoms with van der Waals surface area (Å²) in [5, 5.41) is 1.79. The summed E-state index contributed by atoms with van der Waals surface area (Å²) in [6.07, 6.45) is 1.43. The molecule has 4 rings (SSSR count). The second-order valence-corrected chi connectivity index (χ2v) is 7.95. The van der Waals surface area contributed by atoms with Crippen LogP contribution in [-0.2, 0) is 6.54 Å². The predicted octanol–water partition coefficient (Wildman–Crippen LogP) is 2.49. The van der Waals surface area contributed by atoms with Crippen molar-refractivity contribution >= 4 is 27.3 Å². The van der Waals surface area contributed by atoms with Crippen LogP contribution in [0.3, 0.4) is 0 Å². The lowest BCUT2D eigenvalue weighted by Crippen LogP contribution is -2.42. The van der Waals surface area contributed by atoms with Gasteiger partial charge in [0.25, 0.3) is 5.56 Å². The fourth-order valence-corrected chi connectivity index (χ4v) is 4.48. The largest absolute Gasteiger partial charge is 0.328 e. The molecule has 28 heavy (non-hydrogen) atoms. The minimum Gasteiger partial charge on any atom is -0.306 e. The second-order valence-electron chi connectivity index (χ2n) is 7.04. The smallest absolute Gasteiger partial charge is 0.306 e. The van der Waals surface area contributed by atoms with Crippen LogP contribution in [0.25, 0.3) is 10.2 Å². The number of nitrogens with one attached hydrogen (secondary N) is 1. The Balaban J connectivity index is 1.36. The first-order valence-electron chi connectivity index (χ1n) is 9.25. The Labute approximate surface area is 164 Å². The van der Waals surface area contributed by atoms with E-state index >= 15 is 0 Å². The topological polar surface area (TPSA) is 75.2 Å². The van der Waals surface area contributed by atoms with E-state index in [0.29, 0.717) is 41.7 Å². The van der Waals surface area contributed by atoms with Gasteiger partial charge in [0.2, 0.25) is 0 Å². The maximum atomic E-state index is 13.0. The van der Waals surface area contributed by atoms with Crippen LogP contribution >= 0.6 is 11.3 Å². The van der Waals surface area contributed by atoms with Gasteiger partial charge < -0.3 is 9.88 Å². The Hall–Kier alpha value is -2.58. The van der Waals surface area contributed by atoms with Crippen LogP contribution < -0.4 is 11.2 Å². The lowest BCUT2D eigenvalue weighted by atomic mass is 9.89. The number of benzene rings is 1. The molecule has 0 radical (unpaired) electrons. The Morgan fingerprint density at radius 3 is 2.54 bits per heavy atom. The van der Waals surface area contributed by atoms with E-state index in [2.05, 4.69) is 9.88 Å². The van der Waals surface area contributed by atoms with Crippen LogP contribution in [0.5, 0.6) is 0 Å². The van der Waals surface area contributed by atoms with Crippen LogP contribution in [0, 0.1) is 11.7 Å². The summed E-state index contributed by atoms with van der Waals surface area (Å²) in [5.41, 5.74) is 0.478. The fourth-order valence-electron chi connectivity index (χ4n) is 3.68. The molecule has 1 saturated heterocycles. The number of piperidine rings is 1. The molecule has 0 saturated carbocycles. The van der Waals surface area contributed by atoms with E-state index in [1.54, 1.807) is 11.4 Å². The highest BCUT2D eigenvalue weighted by molar-refractivity contribution is 7.17. The lowest BCUT2D eigenvalue weighted by molar-refractivity contribution is 0.0837. The molecular formula is C20H20FN3O3S. The number of rotatable bonds is 5. The third-order valence-corrected chi connectivity index (χ3v) is 6.22. The summed E-state index contributed by atoms with van der Waals surface area (Å²) < 4.78 is 14.8. The van der Waals surface area contributed by atoms with Gasteiger partial charge in [-0.3, -0.25) is 14.2 Å². The van der Waals surface area contributed by atoms with Gasteiger partial charge >= 0.3 is 5.69 Å². The highest BCUT2D eigenvalue weighted by Gasteiger charge is 2.25. The first-order chi connectivity index (χ1) is 13.5. The monoisotopic (exact) mass is 401 g/mol. The van der Waals surface area contributed by atoms with Crippen molar-refractivity contribution in [3.63, 3.8) is 0 Å². The maximum Gasteiger partial charge on any atom is 0.328 e. The molecule has 1 aliphatic heterocycles. The van der Waals surface area contributed by atoms with E-state index in [0.717, 1.165) is 13.1 Å². The molecule has 0 spiro atoms. The average molecular weight is 401 g/mol. The van der Waals surface area contributed by atoms with Gasteiger partial charge in [0, 0.05) is 24.6 Å². The van der Waals surface area contributed by atoms with Crippen LogP contribution in [-0.4, -0.2) is 39.9 Å². The molecule has 6 nitrogen and oxygen atoms in total. The van der Waals surface area contributed by atoms with Gasteiger partial charge in [-0.1, -0.05) is 0 Å². The minimum atomic E-state index is -0.391. The average Bonchev–Trinajstić information content (AvgIpc) is 3.17. The van der Waals surface area contributed by atoms with Crippen molar-refractivity contribution in [2.24, 2.45) is 5.92 Å². The highest BCUT2D eigenvalue weighted by atomic mass is 32.1. The van der Waals surface area contributed by atoms with Gasteiger partial charge in [-0.2, -0.15) is 0 Å². The zero-order chi connectivity index (χ0) is 19.7. The number of hydrogen-bond donors (Lipinski definition) is 1. The number of aromatic nitrogens is 2. The molecule has 0 aliphatic carbocycles. The molecule has 1 aromatic carbocycles. The van der Waals surface area contributed by atoms with Gasteiger partial charge in [0.05, 0.1) is 5.52 Å². The number of halogens is 1. The number of ketones is 1. The van der Waals surface area contributed by atoms with Crippen molar-refractivity contribution in [2.75, 3.05) is 19.6 Å². The predicted molar refractivity (Wildman–Crippen MR) is 107 cm³/mol. The molecule has 2 aromatic heterocycles. The van der Waals surface area contributed by atoms with E-state index < -0.39 is 5.69 Å². The minimum absolute atomic E-state index is 0.0514.